The smallest absolute Gasteiger partial charge is 0.417 e. The monoisotopic (exact) mass is 322 g/mol. The van der Waals surface area contributed by atoms with Gasteiger partial charge in [-0.3, -0.25) is 4.79 Å². The fourth-order valence-electron chi connectivity index (χ4n) is 3.79. The summed E-state index contributed by atoms with van der Waals surface area (Å²) in [6.45, 7) is 10.5. The molecule has 0 bridgehead atoms. The van der Waals surface area contributed by atoms with Gasteiger partial charge in [-0.05, 0) is 26.7 Å². The molecule has 0 spiro atoms. The van der Waals surface area contributed by atoms with Crippen LogP contribution in [-0.4, -0.2) is 59.2 Å². The van der Waals surface area contributed by atoms with Crippen LogP contribution in [0.1, 0.15) is 27.2 Å². The normalized spacial score (nSPS) is 31.9. The highest BCUT2D eigenvalue weighted by Crippen LogP contribution is 2.40. The van der Waals surface area contributed by atoms with Gasteiger partial charge >= 0.3 is 12.2 Å². The lowest BCUT2D eigenvalue weighted by Gasteiger charge is -2.29. The van der Waals surface area contributed by atoms with Crippen LogP contribution in [0.15, 0.2) is 12.2 Å². The highest BCUT2D eigenvalue weighted by molar-refractivity contribution is 5.94. The van der Waals surface area contributed by atoms with E-state index < -0.39 is 11.6 Å². The first kappa shape index (κ1) is 15.8. The molecule has 3 aliphatic heterocycles. The van der Waals surface area contributed by atoms with Gasteiger partial charge in [0.2, 0.25) is 5.91 Å². The van der Waals surface area contributed by atoms with E-state index in [-0.39, 0.29) is 49.5 Å². The van der Waals surface area contributed by atoms with Crippen LogP contribution in [0.3, 0.4) is 0 Å². The van der Waals surface area contributed by atoms with Crippen LogP contribution in [-0.2, 0) is 14.3 Å². The molecule has 3 heterocycles. The van der Waals surface area contributed by atoms with Crippen molar-refractivity contribution in [3.8, 4) is 0 Å². The van der Waals surface area contributed by atoms with E-state index >= 15 is 0 Å². The second-order valence-electron chi connectivity index (χ2n) is 7.21. The van der Waals surface area contributed by atoms with Gasteiger partial charge in [-0.15, -0.1) is 0 Å². The first-order valence-electron chi connectivity index (χ1n) is 7.81. The fourth-order valence-corrected chi connectivity index (χ4v) is 3.79. The van der Waals surface area contributed by atoms with Crippen molar-refractivity contribution in [2.45, 2.75) is 38.8 Å². The summed E-state index contributed by atoms with van der Waals surface area (Å²) >= 11 is 0. The van der Waals surface area contributed by atoms with Crippen molar-refractivity contribution in [3.05, 3.63) is 12.2 Å². The van der Waals surface area contributed by atoms with Gasteiger partial charge in [-0.1, -0.05) is 12.2 Å². The number of rotatable bonds is 3. The minimum Gasteiger partial charge on any atom is -0.447 e. The van der Waals surface area contributed by atoms with Crippen molar-refractivity contribution in [2.24, 2.45) is 11.8 Å². The Labute approximate surface area is 135 Å². The van der Waals surface area contributed by atoms with Crippen LogP contribution in [0, 0.1) is 11.8 Å². The summed E-state index contributed by atoms with van der Waals surface area (Å²) in [5, 5.41) is 0. The topological polar surface area (TPSA) is 76.2 Å². The Morgan fingerprint density at radius 1 is 1.30 bits per heavy atom. The number of carbonyl (C=O) groups excluding carboxylic acids is 3. The summed E-state index contributed by atoms with van der Waals surface area (Å²) in [5.74, 6) is -0.316. The molecular weight excluding hydrogens is 300 g/mol. The Balaban J connectivity index is 1.80. The molecule has 0 aromatic heterocycles. The van der Waals surface area contributed by atoms with E-state index in [0.717, 1.165) is 5.57 Å². The molecule has 7 nitrogen and oxygen atoms in total. The van der Waals surface area contributed by atoms with Crippen molar-refractivity contribution in [3.63, 3.8) is 0 Å². The number of ether oxygens (including phenoxy) is 2. The number of imide groups is 1. The molecule has 3 amide bonds. The molecule has 0 N–H and O–H groups in total. The lowest BCUT2D eigenvalue weighted by Crippen LogP contribution is -2.47. The van der Waals surface area contributed by atoms with E-state index in [1.165, 1.54) is 4.90 Å². The molecule has 3 saturated heterocycles. The van der Waals surface area contributed by atoms with E-state index in [0.29, 0.717) is 6.54 Å². The molecule has 0 aromatic carbocycles. The maximum atomic E-state index is 12.7. The maximum Gasteiger partial charge on any atom is 0.417 e. The number of amides is 3. The van der Waals surface area contributed by atoms with Gasteiger partial charge in [-0.25, -0.2) is 14.5 Å². The molecule has 3 rings (SSSR count). The second kappa shape index (κ2) is 5.25. The van der Waals surface area contributed by atoms with Crippen LogP contribution in [0.4, 0.5) is 9.59 Å². The van der Waals surface area contributed by atoms with Crippen LogP contribution < -0.4 is 0 Å². The molecule has 7 heteroatoms. The number of carbonyl (C=O) groups is 3. The van der Waals surface area contributed by atoms with Gasteiger partial charge in [0.25, 0.3) is 0 Å². The number of cyclic esters (lactones) is 2. The van der Waals surface area contributed by atoms with Crippen molar-refractivity contribution in [1.29, 1.82) is 0 Å². The Kier molecular flexibility index (Phi) is 3.61. The van der Waals surface area contributed by atoms with Crippen LogP contribution >= 0.6 is 0 Å². The molecule has 0 aromatic rings. The third kappa shape index (κ3) is 2.48. The zero-order valence-corrected chi connectivity index (χ0v) is 13.7. The average molecular weight is 322 g/mol. The summed E-state index contributed by atoms with van der Waals surface area (Å²) < 4.78 is 10.1. The first-order chi connectivity index (χ1) is 10.7. The molecule has 3 aliphatic rings. The van der Waals surface area contributed by atoms with E-state index in [4.69, 9.17) is 9.47 Å². The molecular formula is C16H22N2O5. The Hall–Kier alpha value is -2.05. The largest absolute Gasteiger partial charge is 0.447 e. The standard InChI is InChI=1S/C16H22N2O5/c1-9(2)11-6-17-12(7-22-14(17)20)10(11)5-13(19)18-15(21)23-8-16(18,3)4/h10-12H,1,5-8H2,2-4H3/t10-,11-,12+/m0/s1. The van der Waals surface area contributed by atoms with Crippen molar-refractivity contribution in [2.75, 3.05) is 19.8 Å². The van der Waals surface area contributed by atoms with E-state index in [1.54, 1.807) is 18.7 Å². The Bertz CT molecular complexity index is 585. The van der Waals surface area contributed by atoms with Gasteiger partial charge in [0.05, 0.1) is 11.6 Å². The highest BCUT2D eigenvalue weighted by Gasteiger charge is 2.52. The summed E-state index contributed by atoms with van der Waals surface area (Å²) in [4.78, 5) is 39.2. The number of fused-ring (bicyclic) bond motifs is 1. The number of nitrogens with zero attached hydrogens (tertiary/aromatic N) is 2. The molecule has 3 atom stereocenters. The van der Waals surface area contributed by atoms with Gasteiger partial charge < -0.3 is 14.4 Å². The SMILES string of the molecule is C=C(C)[C@@H]1CN2C(=O)OC[C@@H]2[C@H]1CC(=O)N1C(=O)OCC1(C)C. The van der Waals surface area contributed by atoms with E-state index in [2.05, 4.69) is 6.58 Å². The maximum absolute atomic E-state index is 12.7. The third-order valence-corrected chi connectivity index (χ3v) is 5.05. The predicted molar refractivity (Wildman–Crippen MR) is 80.5 cm³/mol. The molecule has 0 radical (unpaired) electrons. The van der Waals surface area contributed by atoms with Gasteiger partial charge in [0, 0.05) is 18.9 Å². The second-order valence-corrected chi connectivity index (χ2v) is 7.21. The fraction of sp³-hybridized carbons (Fsp3) is 0.688. The van der Waals surface area contributed by atoms with Crippen molar-refractivity contribution >= 4 is 18.1 Å². The minimum absolute atomic E-state index is 0.0403. The van der Waals surface area contributed by atoms with Gasteiger partial charge in [0.1, 0.15) is 13.2 Å². The highest BCUT2D eigenvalue weighted by atomic mass is 16.6. The summed E-state index contributed by atoms with van der Waals surface area (Å²) in [7, 11) is 0. The molecule has 23 heavy (non-hydrogen) atoms. The Morgan fingerprint density at radius 3 is 2.57 bits per heavy atom. The molecule has 0 aliphatic carbocycles. The van der Waals surface area contributed by atoms with Crippen LogP contribution in [0.25, 0.3) is 0 Å². The lowest BCUT2D eigenvalue weighted by molar-refractivity contribution is -0.132. The molecule has 0 saturated carbocycles. The average Bonchev–Trinajstić information content (AvgIpc) is 3.06. The number of hydrogen-bond donors (Lipinski definition) is 0. The molecule has 0 unspecified atom stereocenters. The van der Waals surface area contributed by atoms with Gasteiger partial charge in [0.15, 0.2) is 0 Å². The van der Waals surface area contributed by atoms with E-state index in [1.807, 2.05) is 6.92 Å². The molecule has 3 fully saturated rings. The lowest BCUT2D eigenvalue weighted by atomic mass is 9.83. The minimum atomic E-state index is -0.646. The predicted octanol–water partition coefficient (Wildman–Crippen LogP) is 1.78. The summed E-state index contributed by atoms with van der Waals surface area (Å²) in [5.41, 5.74) is 0.293. The zero-order valence-electron chi connectivity index (χ0n) is 13.7. The van der Waals surface area contributed by atoms with Gasteiger partial charge in [-0.2, -0.15) is 0 Å². The zero-order chi connectivity index (χ0) is 16.9. The van der Waals surface area contributed by atoms with Crippen LogP contribution in [0.2, 0.25) is 0 Å². The first-order valence-corrected chi connectivity index (χ1v) is 7.81. The quantitative estimate of drug-likeness (QED) is 0.740. The van der Waals surface area contributed by atoms with Crippen LogP contribution in [0.5, 0.6) is 0 Å². The number of hydrogen-bond acceptors (Lipinski definition) is 5. The third-order valence-electron chi connectivity index (χ3n) is 5.05. The molecule has 126 valence electrons. The summed E-state index contributed by atoms with van der Waals surface area (Å²) in [6.07, 6.45) is -0.758. The summed E-state index contributed by atoms with van der Waals surface area (Å²) in [6, 6.07) is -0.130. The van der Waals surface area contributed by atoms with Crippen molar-refractivity contribution < 1.29 is 23.9 Å². The van der Waals surface area contributed by atoms with E-state index in [9.17, 15) is 14.4 Å². The van der Waals surface area contributed by atoms with Crippen molar-refractivity contribution in [1.82, 2.24) is 9.80 Å². The Morgan fingerprint density at radius 2 is 2.00 bits per heavy atom.